The largest absolute Gasteiger partial charge is 0.370 e. The number of rotatable bonds is 3. The van der Waals surface area contributed by atoms with Gasteiger partial charge in [0.25, 0.3) is 5.91 Å². The van der Waals surface area contributed by atoms with Crippen molar-refractivity contribution in [2.45, 2.75) is 26.2 Å². The van der Waals surface area contributed by atoms with E-state index >= 15 is 0 Å². The minimum absolute atomic E-state index is 0.137. The van der Waals surface area contributed by atoms with Gasteiger partial charge in [-0.3, -0.25) is 4.79 Å². The van der Waals surface area contributed by atoms with Crippen molar-refractivity contribution < 1.29 is 4.79 Å². The Balaban J connectivity index is 1.77. The third-order valence-electron chi connectivity index (χ3n) is 4.40. The number of pyridine rings is 1. The first-order valence-corrected chi connectivity index (χ1v) is 7.27. The number of carbonyl (C=O) groups excluding carboxylic acids is 1. The Labute approximate surface area is 114 Å². The summed E-state index contributed by atoms with van der Waals surface area (Å²) in [6.07, 6.45) is 5.66. The number of nitrogens with zero attached hydrogens (tertiary/aromatic N) is 2. The minimum atomic E-state index is 0.137. The second-order valence-electron chi connectivity index (χ2n) is 5.59. The average molecular weight is 259 g/mol. The molecule has 0 aromatic carbocycles. The maximum atomic E-state index is 12.6. The van der Waals surface area contributed by atoms with Crippen LogP contribution in [0.15, 0.2) is 18.3 Å². The molecule has 0 spiro atoms. The van der Waals surface area contributed by atoms with E-state index in [1.54, 1.807) is 6.20 Å². The molecule has 3 rings (SSSR count). The molecule has 102 valence electrons. The quantitative estimate of drug-likeness (QED) is 0.906. The minimum Gasteiger partial charge on any atom is -0.370 e. The SMILES string of the molecule is CCNc1ncccc1C(=O)N1CC2CCCC2C1. The van der Waals surface area contributed by atoms with Gasteiger partial charge in [0.1, 0.15) is 5.82 Å². The number of likely N-dealkylation sites (tertiary alicyclic amines) is 1. The summed E-state index contributed by atoms with van der Waals surface area (Å²) in [5.74, 6) is 2.33. The number of carbonyl (C=O) groups is 1. The Bertz CT molecular complexity index is 462. The normalized spacial score (nSPS) is 25.4. The highest BCUT2D eigenvalue weighted by molar-refractivity contribution is 5.98. The molecule has 1 aliphatic heterocycles. The number of nitrogens with one attached hydrogen (secondary N) is 1. The van der Waals surface area contributed by atoms with E-state index in [1.165, 1.54) is 19.3 Å². The van der Waals surface area contributed by atoms with E-state index in [4.69, 9.17) is 0 Å². The molecule has 1 aliphatic carbocycles. The lowest BCUT2D eigenvalue weighted by Gasteiger charge is -2.19. The Morgan fingerprint density at radius 3 is 2.84 bits per heavy atom. The van der Waals surface area contributed by atoms with Crippen LogP contribution >= 0.6 is 0 Å². The molecule has 2 aliphatic rings. The van der Waals surface area contributed by atoms with Gasteiger partial charge in [0, 0.05) is 25.8 Å². The summed E-state index contributed by atoms with van der Waals surface area (Å²) in [4.78, 5) is 18.9. The number of fused-ring (bicyclic) bond motifs is 1. The Morgan fingerprint density at radius 1 is 1.42 bits per heavy atom. The van der Waals surface area contributed by atoms with Crippen LogP contribution in [0.25, 0.3) is 0 Å². The van der Waals surface area contributed by atoms with Gasteiger partial charge in [0.2, 0.25) is 0 Å². The molecule has 2 atom stereocenters. The highest BCUT2D eigenvalue weighted by Crippen LogP contribution is 2.38. The molecule has 1 aromatic heterocycles. The molecule has 1 amide bonds. The van der Waals surface area contributed by atoms with Crippen LogP contribution in [-0.2, 0) is 0 Å². The molecule has 4 nitrogen and oxygen atoms in total. The lowest BCUT2D eigenvalue weighted by Crippen LogP contribution is -2.30. The van der Waals surface area contributed by atoms with E-state index in [0.29, 0.717) is 11.4 Å². The van der Waals surface area contributed by atoms with Crippen LogP contribution in [0.2, 0.25) is 0 Å². The van der Waals surface area contributed by atoms with Crippen LogP contribution in [0, 0.1) is 11.8 Å². The maximum Gasteiger partial charge on any atom is 0.257 e. The second-order valence-corrected chi connectivity index (χ2v) is 5.59. The van der Waals surface area contributed by atoms with Gasteiger partial charge in [-0.15, -0.1) is 0 Å². The van der Waals surface area contributed by atoms with Crippen molar-refractivity contribution in [3.8, 4) is 0 Å². The second kappa shape index (κ2) is 5.19. The smallest absolute Gasteiger partial charge is 0.257 e. The van der Waals surface area contributed by atoms with Crippen LogP contribution in [0.3, 0.4) is 0 Å². The van der Waals surface area contributed by atoms with Gasteiger partial charge < -0.3 is 10.2 Å². The molecule has 2 unspecified atom stereocenters. The van der Waals surface area contributed by atoms with Gasteiger partial charge in [-0.25, -0.2) is 4.98 Å². The molecular weight excluding hydrogens is 238 g/mol. The highest BCUT2D eigenvalue weighted by atomic mass is 16.2. The summed E-state index contributed by atoms with van der Waals surface area (Å²) in [7, 11) is 0. The van der Waals surface area contributed by atoms with Gasteiger partial charge in [-0.05, 0) is 43.7 Å². The maximum absolute atomic E-state index is 12.6. The fraction of sp³-hybridized carbons (Fsp3) is 0.600. The van der Waals surface area contributed by atoms with Crippen LogP contribution in [-0.4, -0.2) is 35.4 Å². The molecule has 19 heavy (non-hydrogen) atoms. The van der Waals surface area contributed by atoms with Crippen molar-refractivity contribution in [2.24, 2.45) is 11.8 Å². The standard InChI is InChI=1S/C15H21N3O/c1-2-16-14-13(7-4-8-17-14)15(19)18-9-11-5-3-6-12(11)10-18/h4,7-8,11-12H,2-3,5-6,9-10H2,1H3,(H,16,17). The van der Waals surface area contributed by atoms with Gasteiger partial charge in [0.05, 0.1) is 5.56 Å². The highest BCUT2D eigenvalue weighted by Gasteiger charge is 2.38. The molecule has 1 aromatic rings. The van der Waals surface area contributed by atoms with E-state index < -0.39 is 0 Å². The lowest BCUT2D eigenvalue weighted by molar-refractivity contribution is 0.0781. The van der Waals surface area contributed by atoms with Crippen LogP contribution in [0.1, 0.15) is 36.5 Å². The van der Waals surface area contributed by atoms with Crippen LogP contribution < -0.4 is 5.32 Å². The number of amides is 1. The number of hydrogen-bond acceptors (Lipinski definition) is 3. The zero-order valence-corrected chi connectivity index (χ0v) is 11.4. The zero-order valence-electron chi connectivity index (χ0n) is 11.4. The summed E-state index contributed by atoms with van der Waals surface area (Å²) in [6, 6.07) is 3.71. The van der Waals surface area contributed by atoms with E-state index in [0.717, 1.165) is 31.5 Å². The van der Waals surface area contributed by atoms with Gasteiger partial charge in [-0.2, -0.15) is 0 Å². The van der Waals surface area contributed by atoms with Gasteiger partial charge >= 0.3 is 0 Å². The number of aromatic nitrogens is 1. The average Bonchev–Trinajstić information content (AvgIpc) is 2.99. The molecule has 0 bridgehead atoms. The van der Waals surface area contributed by atoms with Crippen LogP contribution in [0.4, 0.5) is 5.82 Å². The molecule has 1 saturated heterocycles. The third-order valence-corrected chi connectivity index (χ3v) is 4.40. The van der Waals surface area contributed by atoms with Crippen molar-refractivity contribution in [3.05, 3.63) is 23.9 Å². The molecule has 0 radical (unpaired) electrons. The summed E-state index contributed by atoms with van der Waals surface area (Å²) < 4.78 is 0. The first-order valence-electron chi connectivity index (χ1n) is 7.27. The fourth-order valence-electron chi connectivity index (χ4n) is 3.46. The molecule has 1 N–H and O–H groups in total. The van der Waals surface area contributed by atoms with E-state index in [-0.39, 0.29) is 5.91 Å². The number of hydrogen-bond donors (Lipinski definition) is 1. The van der Waals surface area contributed by atoms with Gasteiger partial charge in [-0.1, -0.05) is 6.42 Å². The topological polar surface area (TPSA) is 45.2 Å². The molecular formula is C15H21N3O. The van der Waals surface area contributed by atoms with Crippen LogP contribution in [0.5, 0.6) is 0 Å². The van der Waals surface area contributed by atoms with E-state index in [2.05, 4.69) is 10.3 Å². The van der Waals surface area contributed by atoms with Crippen molar-refractivity contribution in [1.82, 2.24) is 9.88 Å². The predicted octanol–water partition coefficient (Wildman–Crippen LogP) is 2.39. The van der Waals surface area contributed by atoms with Crippen molar-refractivity contribution >= 4 is 11.7 Å². The zero-order chi connectivity index (χ0) is 13.2. The summed E-state index contributed by atoms with van der Waals surface area (Å²) in [6.45, 7) is 4.67. The van der Waals surface area contributed by atoms with Crippen molar-refractivity contribution in [2.75, 3.05) is 25.0 Å². The summed E-state index contributed by atoms with van der Waals surface area (Å²) >= 11 is 0. The Morgan fingerprint density at radius 2 is 2.16 bits per heavy atom. The lowest BCUT2D eigenvalue weighted by atomic mass is 10.0. The van der Waals surface area contributed by atoms with E-state index in [9.17, 15) is 4.79 Å². The third kappa shape index (κ3) is 2.31. The van der Waals surface area contributed by atoms with Crippen molar-refractivity contribution in [1.29, 1.82) is 0 Å². The molecule has 4 heteroatoms. The van der Waals surface area contributed by atoms with E-state index in [1.807, 2.05) is 24.0 Å². The first-order chi connectivity index (χ1) is 9.29. The number of anilines is 1. The molecule has 2 fully saturated rings. The fourth-order valence-corrected chi connectivity index (χ4v) is 3.46. The first kappa shape index (κ1) is 12.5. The van der Waals surface area contributed by atoms with Crippen molar-refractivity contribution in [3.63, 3.8) is 0 Å². The predicted molar refractivity (Wildman–Crippen MR) is 75.1 cm³/mol. The monoisotopic (exact) mass is 259 g/mol. The Hall–Kier alpha value is -1.58. The molecule has 2 heterocycles. The Kier molecular flexibility index (Phi) is 3.40. The summed E-state index contributed by atoms with van der Waals surface area (Å²) in [5, 5.41) is 3.17. The van der Waals surface area contributed by atoms with Gasteiger partial charge in [0.15, 0.2) is 0 Å². The summed E-state index contributed by atoms with van der Waals surface area (Å²) in [5.41, 5.74) is 0.712. The molecule has 1 saturated carbocycles.